The van der Waals surface area contributed by atoms with Gasteiger partial charge in [0.05, 0.1) is 11.7 Å². The van der Waals surface area contributed by atoms with Crippen molar-refractivity contribution in [2.45, 2.75) is 93.6 Å². The van der Waals surface area contributed by atoms with Crippen LogP contribution in [0.1, 0.15) is 79.3 Å². The van der Waals surface area contributed by atoms with E-state index in [1.165, 1.54) is 34.9 Å². The van der Waals surface area contributed by atoms with Gasteiger partial charge in [-0.1, -0.05) is 117 Å². The number of nitrogens with zero attached hydrogens (tertiary/aromatic N) is 6. The van der Waals surface area contributed by atoms with E-state index >= 15 is 0 Å². The van der Waals surface area contributed by atoms with Crippen molar-refractivity contribution >= 4 is 0 Å². The van der Waals surface area contributed by atoms with E-state index in [1.807, 2.05) is 24.3 Å². The molecule has 0 aliphatic carbocycles. The molecule has 7 nitrogen and oxygen atoms in total. The number of hydrogen-bond acceptors (Lipinski definition) is 7. The number of aromatic nitrogens is 6. The highest BCUT2D eigenvalue weighted by Crippen LogP contribution is 2.33. The molecule has 6 aromatic rings. The summed E-state index contributed by atoms with van der Waals surface area (Å²) < 4.78 is 6.61. The molecule has 0 aliphatic heterocycles. The van der Waals surface area contributed by atoms with Gasteiger partial charge in [-0.2, -0.15) is 0 Å². The lowest BCUT2D eigenvalue weighted by Crippen LogP contribution is -2.16. The monoisotopic (exact) mass is 678 g/mol. The van der Waals surface area contributed by atoms with E-state index in [0.29, 0.717) is 17.5 Å². The van der Waals surface area contributed by atoms with Crippen molar-refractivity contribution in [3.8, 4) is 51.3 Å². The maximum absolute atomic E-state index is 6.61. The average Bonchev–Trinajstić information content (AvgIpc) is 3.11. The number of aryl methyl sites for hydroxylation is 6. The summed E-state index contributed by atoms with van der Waals surface area (Å²) in [5.41, 5.74) is 11.2. The SMILES string of the molecule is CCCCC(CCC)Oc1ccccc1-c1nc(-c2ccc(C)cc2C)nc(-c2ccc(C)cc2C)n1.Cc1ccc(-c2ncncn2)c(C)c1. The van der Waals surface area contributed by atoms with Crippen LogP contribution in [0.5, 0.6) is 5.75 Å². The molecule has 0 saturated heterocycles. The molecule has 51 heavy (non-hydrogen) atoms. The van der Waals surface area contributed by atoms with Gasteiger partial charge in [0.1, 0.15) is 18.4 Å². The topological polar surface area (TPSA) is 86.6 Å². The molecule has 0 fully saturated rings. The molecule has 0 saturated carbocycles. The van der Waals surface area contributed by atoms with Gasteiger partial charge in [0, 0.05) is 16.7 Å². The molecule has 4 aromatic carbocycles. The number of unbranched alkanes of at least 4 members (excludes halogenated alkanes) is 1. The fourth-order valence-corrected chi connectivity index (χ4v) is 6.26. The van der Waals surface area contributed by atoms with Gasteiger partial charge in [-0.3, -0.25) is 0 Å². The van der Waals surface area contributed by atoms with E-state index in [1.54, 1.807) is 0 Å². The van der Waals surface area contributed by atoms with Gasteiger partial charge >= 0.3 is 0 Å². The number of rotatable bonds is 11. The van der Waals surface area contributed by atoms with Gasteiger partial charge in [-0.25, -0.2) is 29.9 Å². The van der Waals surface area contributed by atoms with Crippen molar-refractivity contribution in [2.75, 3.05) is 0 Å². The number of para-hydroxylation sites is 1. The first-order chi connectivity index (χ1) is 24.7. The smallest absolute Gasteiger partial charge is 0.167 e. The minimum absolute atomic E-state index is 0.186. The fraction of sp³-hybridized carbons (Fsp3) is 0.318. The van der Waals surface area contributed by atoms with Crippen LogP contribution in [0.2, 0.25) is 0 Å². The van der Waals surface area contributed by atoms with E-state index in [4.69, 9.17) is 19.7 Å². The highest BCUT2D eigenvalue weighted by Gasteiger charge is 2.19. The van der Waals surface area contributed by atoms with Crippen LogP contribution in [-0.4, -0.2) is 36.0 Å². The summed E-state index contributed by atoms with van der Waals surface area (Å²) in [7, 11) is 0. The van der Waals surface area contributed by atoms with Crippen molar-refractivity contribution in [3.63, 3.8) is 0 Å². The first kappa shape index (κ1) is 37.0. The Morgan fingerprint density at radius 1 is 0.510 bits per heavy atom. The number of benzene rings is 4. The lowest BCUT2D eigenvalue weighted by Gasteiger charge is -2.20. The molecule has 2 aromatic heterocycles. The van der Waals surface area contributed by atoms with Crippen molar-refractivity contribution in [3.05, 3.63) is 125 Å². The third-order valence-electron chi connectivity index (χ3n) is 8.91. The Kier molecular flexibility index (Phi) is 12.7. The van der Waals surface area contributed by atoms with Crippen LogP contribution in [0.25, 0.3) is 45.6 Å². The maximum Gasteiger partial charge on any atom is 0.167 e. The van der Waals surface area contributed by atoms with E-state index in [0.717, 1.165) is 77.1 Å². The standard InChI is InChI=1S/C33H39N3O.C11H11N3/c1-7-9-13-26(12-8-2)37-30-15-11-10-14-29(30)33-35-31(27-18-16-22(3)20-24(27)5)34-32(36-33)28-19-17-23(4)21-25(28)6;1-8-3-4-10(9(2)5-8)11-13-6-12-7-14-11/h10-11,14-21,26H,7-9,12-13H2,1-6H3;3-7H,1-2H3. The first-order valence-electron chi connectivity index (χ1n) is 18.0. The molecule has 2 heterocycles. The Morgan fingerprint density at radius 2 is 0.980 bits per heavy atom. The molecule has 0 N–H and O–H groups in total. The lowest BCUT2D eigenvalue weighted by molar-refractivity contribution is 0.177. The second-order valence-corrected chi connectivity index (χ2v) is 13.4. The molecule has 0 radical (unpaired) electrons. The third-order valence-corrected chi connectivity index (χ3v) is 8.91. The van der Waals surface area contributed by atoms with Crippen LogP contribution < -0.4 is 4.74 Å². The summed E-state index contributed by atoms with van der Waals surface area (Å²) >= 11 is 0. The van der Waals surface area contributed by atoms with Gasteiger partial charge in [-0.15, -0.1) is 0 Å². The quantitative estimate of drug-likeness (QED) is 0.135. The van der Waals surface area contributed by atoms with Crippen LogP contribution >= 0.6 is 0 Å². The molecule has 0 bridgehead atoms. The molecular weight excluding hydrogens is 629 g/mol. The Bertz CT molecular complexity index is 1990. The minimum atomic E-state index is 0.186. The molecule has 0 spiro atoms. The van der Waals surface area contributed by atoms with Crippen molar-refractivity contribution < 1.29 is 4.74 Å². The normalized spacial score (nSPS) is 11.5. The largest absolute Gasteiger partial charge is 0.490 e. The first-order valence-corrected chi connectivity index (χ1v) is 18.0. The summed E-state index contributed by atoms with van der Waals surface area (Å²) in [5.74, 6) is 3.58. The van der Waals surface area contributed by atoms with Gasteiger partial charge in [-0.05, 0) is 83.2 Å². The third kappa shape index (κ3) is 9.69. The zero-order chi connectivity index (χ0) is 36.3. The van der Waals surface area contributed by atoms with Gasteiger partial charge in [0.15, 0.2) is 23.3 Å². The van der Waals surface area contributed by atoms with Gasteiger partial charge < -0.3 is 4.74 Å². The Morgan fingerprint density at radius 3 is 1.45 bits per heavy atom. The summed E-state index contributed by atoms with van der Waals surface area (Å²) in [5, 5.41) is 0. The van der Waals surface area contributed by atoms with Crippen LogP contribution in [0.4, 0.5) is 0 Å². The summed E-state index contributed by atoms with van der Waals surface area (Å²) in [6.07, 6.45) is 8.72. The average molecular weight is 679 g/mol. The Hall–Kier alpha value is -5.30. The minimum Gasteiger partial charge on any atom is -0.490 e. The number of ether oxygens (including phenoxy) is 1. The molecule has 262 valence electrons. The van der Waals surface area contributed by atoms with E-state index in [-0.39, 0.29) is 6.10 Å². The van der Waals surface area contributed by atoms with Crippen LogP contribution in [-0.2, 0) is 0 Å². The zero-order valence-electron chi connectivity index (χ0n) is 31.4. The van der Waals surface area contributed by atoms with Crippen LogP contribution in [0, 0.1) is 41.5 Å². The highest BCUT2D eigenvalue weighted by molar-refractivity contribution is 5.72. The summed E-state index contributed by atoms with van der Waals surface area (Å²) in [6.45, 7) is 17.0. The molecule has 1 atom stereocenters. The van der Waals surface area contributed by atoms with Crippen molar-refractivity contribution in [1.29, 1.82) is 0 Å². The zero-order valence-corrected chi connectivity index (χ0v) is 31.4. The van der Waals surface area contributed by atoms with Crippen LogP contribution in [0.3, 0.4) is 0 Å². The Labute approximate surface area is 303 Å². The molecular formula is C44H50N6O. The molecule has 1 unspecified atom stereocenters. The van der Waals surface area contributed by atoms with Crippen molar-refractivity contribution in [2.24, 2.45) is 0 Å². The molecule has 0 amide bonds. The predicted octanol–water partition coefficient (Wildman–Crippen LogP) is 11.0. The molecule has 7 heteroatoms. The lowest BCUT2D eigenvalue weighted by atomic mass is 10.0. The number of hydrogen-bond donors (Lipinski definition) is 0. The second kappa shape index (κ2) is 17.6. The second-order valence-electron chi connectivity index (χ2n) is 13.4. The highest BCUT2D eigenvalue weighted by atomic mass is 16.5. The van der Waals surface area contributed by atoms with E-state index in [9.17, 15) is 0 Å². The van der Waals surface area contributed by atoms with E-state index < -0.39 is 0 Å². The molecule has 6 rings (SSSR count). The van der Waals surface area contributed by atoms with E-state index in [2.05, 4.69) is 125 Å². The predicted molar refractivity (Wildman–Crippen MR) is 209 cm³/mol. The summed E-state index contributed by atoms with van der Waals surface area (Å²) in [6, 6.07) is 27.2. The van der Waals surface area contributed by atoms with Gasteiger partial charge in [0.2, 0.25) is 0 Å². The van der Waals surface area contributed by atoms with Crippen molar-refractivity contribution in [1.82, 2.24) is 29.9 Å². The fourth-order valence-electron chi connectivity index (χ4n) is 6.26. The maximum atomic E-state index is 6.61. The Balaban J connectivity index is 0.000000299. The molecule has 0 aliphatic rings. The summed E-state index contributed by atoms with van der Waals surface area (Å²) in [4.78, 5) is 27.0. The van der Waals surface area contributed by atoms with Crippen LogP contribution in [0.15, 0.2) is 91.5 Å². The van der Waals surface area contributed by atoms with Gasteiger partial charge in [0.25, 0.3) is 0 Å².